The minimum Gasteiger partial charge on any atom is -0.457 e. The van der Waals surface area contributed by atoms with Gasteiger partial charge in [-0.1, -0.05) is 88.4 Å². The second kappa shape index (κ2) is 11.8. The van der Waals surface area contributed by atoms with Crippen LogP contribution in [0.3, 0.4) is 0 Å². The van der Waals surface area contributed by atoms with Crippen molar-refractivity contribution in [1.29, 1.82) is 0 Å². The molecule has 0 aliphatic rings. The summed E-state index contributed by atoms with van der Waals surface area (Å²) in [5, 5.41) is 4.66. The van der Waals surface area contributed by atoms with Crippen LogP contribution >= 0.6 is 0 Å². The highest BCUT2D eigenvalue weighted by Crippen LogP contribution is 2.39. The minimum absolute atomic E-state index is 0.353. The zero-order valence-corrected chi connectivity index (χ0v) is 28.6. The van der Waals surface area contributed by atoms with Crippen molar-refractivity contribution in [2.45, 2.75) is 39.5 Å². The number of fused-ring (bicyclic) bond motifs is 6. The maximum atomic E-state index is 6.69. The molecule has 0 unspecified atom stereocenters. The van der Waals surface area contributed by atoms with Crippen molar-refractivity contribution in [2.24, 2.45) is 0 Å². The SMILES string of the molecule is CC(C)c1cccc(C(C)C)c1-n1ccnc1-n1c2ccccc2c2ccc(Oc3ccc4c5ccccc5n(-c5ccccn5)c4c3)cc21. The second-order valence-electron chi connectivity index (χ2n) is 13.5. The summed E-state index contributed by atoms with van der Waals surface area (Å²) in [6.07, 6.45) is 5.84. The van der Waals surface area contributed by atoms with Crippen molar-refractivity contribution in [1.82, 2.24) is 23.7 Å². The van der Waals surface area contributed by atoms with E-state index in [2.05, 4.69) is 151 Å². The zero-order chi connectivity index (χ0) is 33.9. The van der Waals surface area contributed by atoms with Gasteiger partial charge in [0.25, 0.3) is 0 Å². The number of imidazole rings is 1. The van der Waals surface area contributed by atoms with E-state index in [0.717, 1.165) is 56.1 Å². The summed E-state index contributed by atoms with van der Waals surface area (Å²) < 4.78 is 13.4. The summed E-state index contributed by atoms with van der Waals surface area (Å²) in [5.74, 6) is 3.94. The molecule has 5 aromatic carbocycles. The van der Waals surface area contributed by atoms with Crippen LogP contribution in [0.4, 0.5) is 0 Å². The Bertz CT molecular complexity index is 2670. The molecule has 0 N–H and O–H groups in total. The molecule has 9 aromatic rings. The fraction of sp³-hybridized carbons (Fsp3) is 0.136. The molecule has 6 heteroatoms. The highest BCUT2D eigenvalue weighted by atomic mass is 16.5. The lowest BCUT2D eigenvalue weighted by Gasteiger charge is -2.22. The zero-order valence-electron chi connectivity index (χ0n) is 28.6. The lowest BCUT2D eigenvalue weighted by atomic mass is 9.92. The van der Waals surface area contributed by atoms with Crippen molar-refractivity contribution in [2.75, 3.05) is 0 Å². The quantitative estimate of drug-likeness (QED) is 0.172. The molecule has 0 bridgehead atoms. The van der Waals surface area contributed by atoms with Gasteiger partial charge in [-0.15, -0.1) is 0 Å². The average Bonchev–Trinajstić information content (AvgIpc) is 3.83. The first-order valence-electron chi connectivity index (χ1n) is 17.3. The number of para-hydroxylation sites is 3. The Labute approximate surface area is 290 Å². The van der Waals surface area contributed by atoms with Crippen LogP contribution in [0.2, 0.25) is 0 Å². The lowest BCUT2D eigenvalue weighted by Crippen LogP contribution is -2.11. The van der Waals surface area contributed by atoms with Crippen molar-refractivity contribution in [3.63, 3.8) is 0 Å². The van der Waals surface area contributed by atoms with Crippen LogP contribution in [0.25, 0.3) is 61.1 Å². The van der Waals surface area contributed by atoms with Crippen LogP contribution < -0.4 is 4.74 Å². The Kier molecular flexibility index (Phi) is 7.06. The Morgan fingerprint density at radius 1 is 0.500 bits per heavy atom. The van der Waals surface area contributed by atoms with Gasteiger partial charge in [0.15, 0.2) is 0 Å². The monoisotopic (exact) mass is 651 g/mol. The van der Waals surface area contributed by atoms with Gasteiger partial charge in [0.2, 0.25) is 5.95 Å². The van der Waals surface area contributed by atoms with Crippen LogP contribution in [0.5, 0.6) is 11.5 Å². The van der Waals surface area contributed by atoms with Crippen molar-refractivity contribution >= 4 is 43.6 Å². The molecule has 0 fully saturated rings. The maximum Gasteiger partial charge on any atom is 0.219 e. The normalized spacial score (nSPS) is 12.0. The maximum absolute atomic E-state index is 6.69. The van der Waals surface area contributed by atoms with E-state index in [1.807, 2.05) is 30.6 Å². The highest BCUT2D eigenvalue weighted by molar-refractivity contribution is 6.10. The van der Waals surface area contributed by atoms with Gasteiger partial charge >= 0.3 is 0 Å². The largest absolute Gasteiger partial charge is 0.457 e. The number of hydrogen-bond donors (Lipinski definition) is 0. The summed E-state index contributed by atoms with van der Waals surface area (Å²) >= 11 is 0. The van der Waals surface area contributed by atoms with Gasteiger partial charge in [0.1, 0.15) is 17.3 Å². The molecule has 0 aliphatic carbocycles. The summed E-state index contributed by atoms with van der Waals surface area (Å²) in [7, 11) is 0. The molecule has 0 saturated carbocycles. The summed E-state index contributed by atoms with van der Waals surface area (Å²) in [6, 6.07) is 42.4. The number of benzene rings is 5. The predicted molar refractivity (Wildman–Crippen MR) is 205 cm³/mol. The van der Waals surface area contributed by atoms with Gasteiger partial charge in [-0.3, -0.25) is 13.7 Å². The molecule has 9 rings (SSSR count). The molecule has 0 aliphatic heterocycles. The lowest BCUT2D eigenvalue weighted by molar-refractivity contribution is 0.484. The van der Waals surface area contributed by atoms with Crippen LogP contribution in [-0.2, 0) is 0 Å². The van der Waals surface area contributed by atoms with Crippen molar-refractivity contribution < 1.29 is 4.74 Å². The molecule has 0 saturated heterocycles. The Morgan fingerprint density at radius 3 is 1.66 bits per heavy atom. The fourth-order valence-corrected chi connectivity index (χ4v) is 7.54. The summed E-state index contributed by atoms with van der Waals surface area (Å²) in [4.78, 5) is 9.71. The molecule has 0 atom stereocenters. The molecular weight excluding hydrogens is 615 g/mol. The second-order valence-corrected chi connectivity index (χ2v) is 13.5. The molecule has 50 heavy (non-hydrogen) atoms. The van der Waals surface area contributed by atoms with Crippen LogP contribution in [-0.4, -0.2) is 23.7 Å². The van der Waals surface area contributed by atoms with Gasteiger partial charge in [-0.05, 0) is 71.5 Å². The first kappa shape index (κ1) is 30.0. The molecular formula is C44H37N5O. The van der Waals surface area contributed by atoms with E-state index in [1.54, 1.807) is 0 Å². The average molecular weight is 652 g/mol. The van der Waals surface area contributed by atoms with E-state index in [1.165, 1.54) is 27.6 Å². The standard InChI is InChI=1S/C44H37N5O/c1-28(2)32-14-11-15-33(29(3)4)43(32)47-25-24-46-44(47)49-39-17-8-6-13-35(39)37-22-20-31(27-41(37)49)50-30-19-21-36-34-12-5-7-16-38(34)48(40(36)26-30)42-18-9-10-23-45-42/h5-29H,1-4H3. The van der Waals surface area contributed by atoms with Crippen LogP contribution in [0.1, 0.15) is 50.7 Å². The molecule has 6 nitrogen and oxygen atoms in total. The van der Waals surface area contributed by atoms with E-state index in [-0.39, 0.29) is 0 Å². The van der Waals surface area contributed by atoms with Gasteiger partial charge in [0, 0.05) is 52.3 Å². The van der Waals surface area contributed by atoms with E-state index in [4.69, 9.17) is 14.7 Å². The van der Waals surface area contributed by atoms with Gasteiger partial charge in [-0.2, -0.15) is 0 Å². The fourth-order valence-electron chi connectivity index (χ4n) is 7.54. The van der Waals surface area contributed by atoms with E-state index in [0.29, 0.717) is 11.8 Å². The van der Waals surface area contributed by atoms with Crippen LogP contribution in [0, 0.1) is 0 Å². The van der Waals surface area contributed by atoms with Gasteiger partial charge < -0.3 is 4.74 Å². The summed E-state index contributed by atoms with van der Waals surface area (Å²) in [6.45, 7) is 9.04. The Hall–Kier alpha value is -6.14. The molecule has 0 spiro atoms. The molecule has 4 heterocycles. The van der Waals surface area contributed by atoms with E-state index < -0.39 is 0 Å². The number of pyridine rings is 1. The Morgan fingerprint density at radius 2 is 1.06 bits per heavy atom. The van der Waals surface area contributed by atoms with E-state index in [9.17, 15) is 0 Å². The third-order valence-electron chi connectivity index (χ3n) is 9.81. The molecule has 244 valence electrons. The first-order valence-corrected chi connectivity index (χ1v) is 17.3. The number of hydrogen-bond acceptors (Lipinski definition) is 3. The van der Waals surface area contributed by atoms with Crippen molar-refractivity contribution in [3.8, 4) is 29.0 Å². The highest BCUT2D eigenvalue weighted by Gasteiger charge is 2.22. The minimum atomic E-state index is 0.353. The predicted octanol–water partition coefficient (Wildman–Crippen LogP) is 11.5. The van der Waals surface area contributed by atoms with Crippen LogP contribution in [0.15, 0.2) is 140 Å². The number of aromatic nitrogens is 5. The number of rotatable bonds is 7. The molecule has 0 amide bonds. The first-order chi connectivity index (χ1) is 24.5. The summed E-state index contributed by atoms with van der Waals surface area (Å²) in [5.41, 5.74) is 8.11. The smallest absolute Gasteiger partial charge is 0.219 e. The molecule has 4 aromatic heterocycles. The number of nitrogens with zero attached hydrogens (tertiary/aromatic N) is 5. The topological polar surface area (TPSA) is 49.8 Å². The van der Waals surface area contributed by atoms with Gasteiger partial charge in [0.05, 0.1) is 27.8 Å². The van der Waals surface area contributed by atoms with Crippen molar-refractivity contribution in [3.05, 3.63) is 151 Å². The molecule has 0 radical (unpaired) electrons. The van der Waals surface area contributed by atoms with Gasteiger partial charge in [-0.25, -0.2) is 9.97 Å². The third kappa shape index (κ3) is 4.71. The Balaban J connectivity index is 1.21. The van der Waals surface area contributed by atoms with E-state index >= 15 is 0 Å². The number of ether oxygens (including phenoxy) is 1. The third-order valence-corrected chi connectivity index (χ3v) is 9.81.